The van der Waals surface area contributed by atoms with Gasteiger partial charge in [0.05, 0.1) is 9.35 Å². The number of halogens is 3. The van der Waals surface area contributed by atoms with Gasteiger partial charge < -0.3 is 5.11 Å². The molecule has 1 aromatic carbocycles. The molecule has 2 aromatic rings. The molecule has 0 aliphatic rings. The van der Waals surface area contributed by atoms with Crippen molar-refractivity contribution in [3.63, 3.8) is 0 Å². The molecule has 2 rings (SSSR count). The molecule has 0 atom stereocenters. The van der Waals surface area contributed by atoms with Crippen molar-refractivity contribution in [1.82, 2.24) is 0 Å². The topological polar surface area (TPSA) is 37.3 Å². The van der Waals surface area contributed by atoms with E-state index in [-0.39, 0.29) is 5.56 Å². The predicted molar refractivity (Wildman–Crippen MR) is 64.3 cm³/mol. The minimum absolute atomic E-state index is 0.0565. The Morgan fingerprint density at radius 1 is 1.29 bits per heavy atom. The summed E-state index contributed by atoms with van der Waals surface area (Å²) in [6.45, 7) is 0. The van der Waals surface area contributed by atoms with Crippen LogP contribution >= 0.6 is 27.3 Å². The molecule has 0 radical (unpaired) electrons. The van der Waals surface area contributed by atoms with Gasteiger partial charge in [-0.2, -0.15) is 0 Å². The maximum Gasteiger partial charge on any atom is 0.338 e. The van der Waals surface area contributed by atoms with Gasteiger partial charge in [0.15, 0.2) is 11.6 Å². The van der Waals surface area contributed by atoms with Crippen LogP contribution in [0.4, 0.5) is 8.78 Å². The number of thiophene rings is 1. The van der Waals surface area contributed by atoms with Gasteiger partial charge in [0.2, 0.25) is 0 Å². The Labute approximate surface area is 108 Å². The zero-order chi connectivity index (χ0) is 12.6. The number of rotatable bonds is 2. The van der Waals surface area contributed by atoms with E-state index in [0.29, 0.717) is 14.9 Å². The third-order valence-electron chi connectivity index (χ3n) is 2.19. The number of hydrogen-bond donors (Lipinski definition) is 1. The first-order chi connectivity index (χ1) is 8.00. The summed E-state index contributed by atoms with van der Waals surface area (Å²) in [5.41, 5.74) is 0.762. The van der Waals surface area contributed by atoms with Gasteiger partial charge in [0.1, 0.15) is 0 Å². The number of benzene rings is 1. The summed E-state index contributed by atoms with van der Waals surface area (Å²) >= 11 is 4.30. The van der Waals surface area contributed by atoms with Crippen molar-refractivity contribution in [2.45, 2.75) is 0 Å². The Kier molecular flexibility index (Phi) is 3.26. The zero-order valence-electron chi connectivity index (χ0n) is 8.21. The van der Waals surface area contributed by atoms with Crippen molar-refractivity contribution in [3.05, 3.63) is 44.6 Å². The van der Waals surface area contributed by atoms with Crippen LogP contribution in [0, 0.1) is 11.6 Å². The predicted octanol–water partition coefficient (Wildman–Crippen LogP) is 4.15. The van der Waals surface area contributed by atoms with Crippen LogP contribution in [0.1, 0.15) is 10.4 Å². The van der Waals surface area contributed by atoms with Gasteiger partial charge in [-0.15, -0.1) is 11.3 Å². The fourth-order valence-corrected chi connectivity index (χ4v) is 2.86. The fourth-order valence-electron chi connectivity index (χ4n) is 1.41. The monoisotopic (exact) mass is 318 g/mol. The normalized spacial score (nSPS) is 10.5. The highest BCUT2D eigenvalue weighted by Gasteiger charge is 2.18. The molecule has 88 valence electrons. The van der Waals surface area contributed by atoms with Gasteiger partial charge in [-0.25, -0.2) is 13.6 Å². The molecule has 1 N–H and O–H groups in total. The van der Waals surface area contributed by atoms with E-state index in [1.165, 1.54) is 17.4 Å². The molecule has 0 spiro atoms. The number of carbonyl (C=O) groups is 1. The van der Waals surface area contributed by atoms with Crippen molar-refractivity contribution in [2.24, 2.45) is 0 Å². The Balaban J connectivity index is 2.60. The first-order valence-corrected chi connectivity index (χ1v) is 6.13. The summed E-state index contributed by atoms with van der Waals surface area (Å²) in [5, 5.41) is 10.6. The number of aromatic carboxylic acids is 1. The maximum absolute atomic E-state index is 13.1. The smallest absolute Gasteiger partial charge is 0.338 e. The highest BCUT2D eigenvalue weighted by molar-refractivity contribution is 9.11. The first-order valence-electron chi connectivity index (χ1n) is 4.46. The number of carboxylic acid groups (broad SMARTS) is 1. The molecule has 1 aromatic heterocycles. The molecule has 0 bridgehead atoms. The highest BCUT2D eigenvalue weighted by Crippen LogP contribution is 2.35. The van der Waals surface area contributed by atoms with Crippen LogP contribution in [0.2, 0.25) is 0 Å². The molecule has 0 fully saturated rings. The summed E-state index contributed by atoms with van der Waals surface area (Å²) < 4.78 is 26.3. The van der Waals surface area contributed by atoms with Crippen molar-refractivity contribution in [2.75, 3.05) is 0 Å². The largest absolute Gasteiger partial charge is 0.478 e. The summed E-state index contributed by atoms with van der Waals surface area (Å²) in [6.07, 6.45) is 0. The lowest BCUT2D eigenvalue weighted by Crippen LogP contribution is -1.97. The minimum atomic E-state index is -1.11. The van der Waals surface area contributed by atoms with Crippen LogP contribution in [-0.4, -0.2) is 11.1 Å². The average molecular weight is 319 g/mol. The Morgan fingerprint density at radius 3 is 2.59 bits per heavy atom. The lowest BCUT2D eigenvalue weighted by atomic mass is 10.0. The molecule has 1 heterocycles. The van der Waals surface area contributed by atoms with E-state index in [9.17, 15) is 13.6 Å². The third-order valence-corrected chi connectivity index (χ3v) is 3.91. The van der Waals surface area contributed by atoms with E-state index in [0.717, 1.165) is 12.1 Å². The summed E-state index contributed by atoms with van der Waals surface area (Å²) in [4.78, 5) is 11.0. The van der Waals surface area contributed by atoms with Gasteiger partial charge in [-0.1, -0.05) is 6.07 Å². The molecule has 0 unspecified atom stereocenters. The van der Waals surface area contributed by atoms with Gasteiger partial charge in [-0.05, 0) is 33.6 Å². The summed E-state index contributed by atoms with van der Waals surface area (Å²) in [5.74, 6) is -3.07. The molecule has 0 saturated carbocycles. The minimum Gasteiger partial charge on any atom is -0.478 e. The van der Waals surface area contributed by atoms with E-state index in [1.54, 1.807) is 5.38 Å². The number of carboxylic acids is 1. The quantitative estimate of drug-likeness (QED) is 0.903. The lowest BCUT2D eigenvalue weighted by Gasteiger charge is -2.02. The molecular weight excluding hydrogens is 314 g/mol. The molecular formula is C11H5BrF2O2S. The van der Waals surface area contributed by atoms with Crippen LogP contribution in [0.15, 0.2) is 27.4 Å². The van der Waals surface area contributed by atoms with Crippen LogP contribution in [0.25, 0.3) is 11.1 Å². The van der Waals surface area contributed by atoms with Crippen LogP contribution in [-0.2, 0) is 0 Å². The molecule has 0 saturated heterocycles. The SMILES string of the molecule is O=C(O)c1c(-c2ccc(F)c(F)c2)csc1Br. The van der Waals surface area contributed by atoms with Crippen molar-refractivity contribution < 1.29 is 18.7 Å². The van der Waals surface area contributed by atoms with Gasteiger partial charge in [-0.3, -0.25) is 0 Å². The fraction of sp³-hybridized carbons (Fsp3) is 0. The standard InChI is InChI=1S/C11H5BrF2O2S/c12-10-9(11(15)16)6(4-17-10)5-1-2-7(13)8(14)3-5/h1-4H,(H,15,16). The van der Waals surface area contributed by atoms with Gasteiger partial charge in [0, 0.05) is 10.9 Å². The number of hydrogen-bond acceptors (Lipinski definition) is 2. The van der Waals surface area contributed by atoms with Gasteiger partial charge in [0.25, 0.3) is 0 Å². The van der Waals surface area contributed by atoms with E-state index in [1.807, 2.05) is 0 Å². The lowest BCUT2D eigenvalue weighted by molar-refractivity contribution is 0.0697. The average Bonchev–Trinajstić information content (AvgIpc) is 2.64. The second-order valence-corrected chi connectivity index (χ2v) is 5.43. The Morgan fingerprint density at radius 2 is 2.00 bits per heavy atom. The molecule has 6 heteroatoms. The van der Waals surface area contributed by atoms with Crippen LogP contribution < -0.4 is 0 Å². The first kappa shape index (κ1) is 12.2. The molecule has 0 aliphatic carbocycles. The zero-order valence-corrected chi connectivity index (χ0v) is 10.6. The summed E-state index contributed by atoms with van der Waals surface area (Å²) in [7, 11) is 0. The van der Waals surface area contributed by atoms with E-state index in [4.69, 9.17) is 5.11 Å². The highest BCUT2D eigenvalue weighted by atomic mass is 79.9. The van der Waals surface area contributed by atoms with Gasteiger partial charge >= 0.3 is 5.97 Å². The third kappa shape index (κ3) is 2.23. The molecule has 2 nitrogen and oxygen atoms in total. The molecule has 17 heavy (non-hydrogen) atoms. The van der Waals surface area contributed by atoms with E-state index >= 15 is 0 Å². The Hall–Kier alpha value is -1.27. The Bertz CT molecular complexity index is 595. The van der Waals surface area contributed by atoms with Crippen LogP contribution in [0.3, 0.4) is 0 Å². The van der Waals surface area contributed by atoms with E-state index in [2.05, 4.69) is 15.9 Å². The second kappa shape index (κ2) is 4.54. The summed E-state index contributed by atoms with van der Waals surface area (Å²) in [6, 6.07) is 3.30. The maximum atomic E-state index is 13.1. The van der Waals surface area contributed by atoms with Crippen molar-refractivity contribution in [3.8, 4) is 11.1 Å². The van der Waals surface area contributed by atoms with Crippen molar-refractivity contribution in [1.29, 1.82) is 0 Å². The molecule has 0 amide bonds. The molecule has 0 aliphatic heterocycles. The van der Waals surface area contributed by atoms with Crippen LogP contribution in [0.5, 0.6) is 0 Å². The van der Waals surface area contributed by atoms with E-state index < -0.39 is 17.6 Å². The second-order valence-electron chi connectivity index (χ2n) is 3.23. The van der Waals surface area contributed by atoms with Crippen molar-refractivity contribution >= 4 is 33.2 Å².